The number of carbonyl (C=O) groups excluding carboxylic acids is 1. The first-order valence-corrected chi connectivity index (χ1v) is 6.92. The highest BCUT2D eigenvalue weighted by atomic mass is 19.1. The van der Waals surface area contributed by atoms with Crippen molar-refractivity contribution in [2.24, 2.45) is 0 Å². The van der Waals surface area contributed by atoms with E-state index in [4.69, 9.17) is 4.74 Å². The van der Waals surface area contributed by atoms with Gasteiger partial charge in [-0.05, 0) is 39.3 Å². The summed E-state index contributed by atoms with van der Waals surface area (Å²) in [6.45, 7) is 5.46. The number of amides is 1. The topological polar surface area (TPSA) is 50.4 Å². The number of benzene rings is 1. The SMILES string of the molecule is CC(C)(C)OC(=O)NC1CC1NCc1c(F)cccc1F. The van der Waals surface area contributed by atoms with Crippen LogP contribution in [0.15, 0.2) is 18.2 Å². The van der Waals surface area contributed by atoms with Crippen molar-refractivity contribution < 1.29 is 18.3 Å². The van der Waals surface area contributed by atoms with Gasteiger partial charge in [-0.25, -0.2) is 13.6 Å². The average molecular weight is 298 g/mol. The van der Waals surface area contributed by atoms with Crippen LogP contribution >= 0.6 is 0 Å². The Kier molecular flexibility index (Phi) is 4.46. The number of rotatable bonds is 4. The molecule has 1 saturated carbocycles. The maximum absolute atomic E-state index is 13.4. The van der Waals surface area contributed by atoms with Crippen molar-refractivity contribution in [1.82, 2.24) is 10.6 Å². The number of alkyl carbamates (subject to hydrolysis) is 1. The van der Waals surface area contributed by atoms with Crippen molar-refractivity contribution in [1.29, 1.82) is 0 Å². The largest absolute Gasteiger partial charge is 0.444 e. The molecule has 21 heavy (non-hydrogen) atoms. The monoisotopic (exact) mass is 298 g/mol. The van der Waals surface area contributed by atoms with E-state index in [-0.39, 0.29) is 24.2 Å². The van der Waals surface area contributed by atoms with E-state index >= 15 is 0 Å². The van der Waals surface area contributed by atoms with E-state index in [1.807, 2.05) is 0 Å². The van der Waals surface area contributed by atoms with E-state index < -0.39 is 23.3 Å². The zero-order valence-corrected chi connectivity index (χ0v) is 12.4. The van der Waals surface area contributed by atoms with Crippen LogP contribution in [0, 0.1) is 11.6 Å². The number of halogens is 2. The molecule has 2 rings (SSSR count). The third kappa shape index (κ3) is 4.67. The lowest BCUT2D eigenvalue weighted by Crippen LogP contribution is -2.36. The second-order valence-electron chi connectivity index (χ2n) is 6.18. The van der Waals surface area contributed by atoms with E-state index in [9.17, 15) is 13.6 Å². The molecule has 0 aliphatic heterocycles. The molecule has 1 fully saturated rings. The summed E-state index contributed by atoms with van der Waals surface area (Å²) in [6.07, 6.45) is 0.240. The first-order chi connectivity index (χ1) is 9.76. The second kappa shape index (κ2) is 5.97. The molecule has 2 unspecified atom stereocenters. The highest BCUT2D eigenvalue weighted by Gasteiger charge is 2.39. The Morgan fingerprint density at radius 1 is 1.29 bits per heavy atom. The zero-order chi connectivity index (χ0) is 15.6. The van der Waals surface area contributed by atoms with Crippen molar-refractivity contribution in [3.05, 3.63) is 35.4 Å². The van der Waals surface area contributed by atoms with E-state index in [0.29, 0.717) is 0 Å². The number of hydrogen-bond acceptors (Lipinski definition) is 3. The van der Waals surface area contributed by atoms with Crippen LogP contribution < -0.4 is 10.6 Å². The van der Waals surface area contributed by atoms with Gasteiger partial charge in [0.05, 0.1) is 0 Å². The van der Waals surface area contributed by atoms with Gasteiger partial charge in [0.25, 0.3) is 0 Å². The lowest BCUT2D eigenvalue weighted by Gasteiger charge is -2.19. The van der Waals surface area contributed by atoms with E-state index in [1.165, 1.54) is 18.2 Å². The molecular formula is C15H20F2N2O2. The normalized spacial score (nSPS) is 21.0. The Labute approximate surface area is 122 Å². The van der Waals surface area contributed by atoms with Gasteiger partial charge >= 0.3 is 6.09 Å². The van der Waals surface area contributed by atoms with E-state index in [1.54, 1.807) is 20.8 Å². The Hall–Kier alpha value is -1.69. The third-order valence-electron chi connectivity index (χ3n) is 3.10. The lowest BCUT2D eigenvalue weighted by molar-refractivity contribution is 0.0522. The molecule has 0 bridgehead atoms. The highest BCUT2D eigenvalue weighted by Crippen LogP contribution is 2.23. The molecule has 2 N–H and O–H groups in total. The molecule has 6 heteroatoms. The molecule has 2 atom stereocenters. The number of carbonyl (C=O) groups is 1. The lowest BCUT2D eigenvalue weighted by atomic mass is 10.2. The number of hydrogen-bond donors (Lipinski definition) is 2. The molecule has 4 nitrogen and oxygen atoms in total. The molecule has 0 spiro atoms. The molecule has 1 aromatic carbocycles. The summed E-state index contributed by atoms with van der Waals surface area (Å²) in [5.74, 6) is -1.14. The third-order valence-corrected chi connectivity index (χ3v) is 3.10. The number of ether oxygens (including phenoxy) is 1. The van der Waals surface area contributed by atoms with Crippen LogP contribution in [0.2, 0.25) is 0 Å². The van der Waals surface area contributed by atoms with Gasteiger partial charge in [-0.3, -0.25) is 0 Å². The highest BCUT2D eigenvalue weighted by molar-refractivity contribution is 5.68. The average Bonchev–Trinajstić information content (AvgIpc) is 3.04. The quantitative estimate of drug-likeness (QED) is 0.898. The first-order valence-electron chi connectivity index (χ1n) is 6.92. The number of nitrogens with one attached hydrogen (secondary N) is 2. The van der Waals surface area contributed by atoms with Crippen molar-refractivity contribution in [3.63, 3.8) is 0 Å². The molecule has 116 valence electrons. The van der Waals surface area contributed by atoms with Gasteiger partial charge in [0.1, 0.15) is 17.2 Å². The van der Waals surface area contributed by atoms with Gasteiger partial charge in [0.2, 0.25) is 0 Å². The van der Waals surface area contributed by atoms with Crippen molar-refractivity contribution in [3.8, 4) is 0 Å². The van der Waals surface area contributed by atoms with Gasteiger partial charge in [-0.15, -0.1) is 0 Å². The van der Waals surface area contributed by atoms with Crippen LogP contribution in [0.25, 0.3) is 0 Å². The zero-order valence-electron chi connectivity index (χ0n) is 12.4. The standard InChI is InChI=1S/C15H20F2N2O2/c1-15(2,3)21-14(20)19-13-7-12(13)18-8-9-10(16)5-4-6-11(9)17/h4-6,12-13,18H,7-8H2,1-3H3,(H,19,20). The Bertz CT molecular complexity index is 509. The van der Waals surface area contributed by atoms with Crippen LogP contribution in [0.3, 0.4) is 0 Å². The predicted octanol–water partition coefficient (Wildman–Crippen LogP) is 2.72. The van der Waals surface area contributed by atoms with Crippen LogP contribution in [0.1, 0.15) is 32.8 Å². The summed E-state index contributed by atoms with van der Waals surface area (Å²) in [5.41, 5.74) is -0.529. The molecule has 0 aromatic heterocycles. The molecule has 1 aromatic rings. The van der Waals surface area contributed by atoms with E-state index in [2.05, 4.69) is 10.6 Å². The van der Waals surface area contributed by atoms with Crippen LogP contribution in [0.4, 0.5) is 13.6 Å². The minimum Gasteiger partial charge on any atom is -0.444 e. The fourth-order valence-electron chi connectivity index (χ4n) is 1.97. The Balaban J connectivity index is 1.76. The Morgan fingerprint density at radius 3 is 2.48 bits per heavy atom. The molecule has 0 heterocycles. The van der Waals surface area contributed by atoms with Gasteiger partial charge in [0.15, 0.2) is 0 Å². The predicted molar refractivity (Wildman–Crippen MR) is 74.8 cm³/mol. The van der Waals surface area contributed by atoms with Crippen molar-refractivity contribution in [2.75, 3.05) is 0 Å². The van der Waals surface area contributed by atoms with Gasteiger partial charge in [-0.2, -0.15) is 0 Å². The van der Waals surface area contributed by atoms with Crippen LogP contribution in [0.5, 0.6) is 0 Å². The minimum atomic E-state index is -0.570. The van der Waals surface area contributed by atoms with Crippen LogP contribution in [-0.2, 0) is 11.3 Å². The van der Waals surface area contributed by atoms with Crippen LogP contribution in [-0.4, -0.2) is 23.8 Å². The molecule has 1 aliphatic rings. The maximum Gasteiger partial charge on any atom is 0.407 e. The molecule has 1 amide bonds. The fourth-order valence-corrected chi connectivity index (χ4v) is 1.97. The summed E-state index contributed by atoms with van der Waals surface area (Å²) in [7, 11) is 0. The maximum atomic E-state index is 13.4. The Morgan fingerprint density at radius 2 is 1.90 bits per heavy atom. The van der Waals surface area contributed by atoms with Gasteiger partial charge in [-0.1, -0.05) is 6.07 Å². The van der Waals surface area contributed by atoms with Gasteiger partial charge in [0, 0.05) is 24.2 Å². The summed E-state index contributed by atoms with van der Waals surface area (Å²) < 4.78 is 32.0. The summed E-state index contributed by atoms with van der Waals surface area (Å²) in [4.78, 5) is 11.6. The molecule has 0 radical (unpaired) electrons. The first kappa shape index (κ1) is 15.7. The second-order valence-corrected chi connectivity index (χ2v) is 6.18. The molecule has 0 saturated heterocycles. The fraction of sp³-hybridized carbons (Fsp3) is 0.533. The summed E-state index contributed by atoms with van der Waals surface area (Å²) in [5, 5.41) is 5.74. The molecular weight excluding hydrogens is 278 g/mol. The minimum absolute atomic E-state index is 0.0107. The smallest absolute Gasteiger partial charge is 0.407 e. The van der Waals surface area contributed by atoms with E-state index in [0.717, 1.165) is 6.42 Å². The summed E-state index contributed by atoms with van der Waals surface area (Å²) >= 11 is 0. The van der Waals surface area contributed by atoms with Crippen molar-refractivity contribution >= 4 is 6.09 Å². The van der Waals surface area contributed by atoms with Gasteiger partial charge < -0.3 is 15.4 Å². The van der Waals surface area contributed by atoms with Crippen molar-refractivity contribution in [2.45, 2.75) is 51.4 Å². The molecule has 1 aliphatic carbocycles. The summed E-state index contributed by atoms with van der Waals surface area (Å²) in [6, 6.07) is 3.73.